The van der Waals surface area contributed by atoms with Crippen LogP contribution in [0.3, 0.4) is 0 Å². The molecule has 1 aromatic heterocycles. The number of carbonyl (C=O) groups is 3. The zero-order valence-electron chi connectivity index (χ0n) is 29.5. The number of hydrogen-bond donors (Lipinski definition) is 1. The first-order valence-electron chi connectivity index (χ1n) is 17.8. The Labute approximate surface area is 293 Å². The molecule has 2 unspecified atom stereocenters. The third kappa shape index (κ3) is 5.45. The van der Waals surface area contributed by atoms with E-state index in [1.807, 2.05) is 37.8 Å². The van der Waals surface area contributed by atoms with Crippen molar-refractivity contribution in [2.45, 2.75) is 102 Å². The molecule has 4 atom stereocenters. The molecule has 2 bridgehead atoms. The summed E-state index contributed by atoms with van der Waals surface area (Å²) in [6.45, 7) is 6.96. The van der Waals surface area contributed by atoms with E-state index in [1.165, 1.54) is 12.0 Å². The standard InChI is InChI=1S/C38H46N4O7S/c1-37(2,3)49-36(45)41-20-24-16-25(41)19-40(24)35(44)38-18-30(38)29-17-26(48-4)12-14-27(29)33-32(22-9-7-6-8-10-22)28-13-11-23(15-31(28)42(33)21-38)34(43)39-50(5,46)47/h11-15,17,22,24-25,30H,6-10,16,18-21H2,1-5H3,(H,39,43)/t24-,25-,30?,38?/m0/s1. The Morgan fingerprint density at radius 2 is 1.68 bits per heavy atom. The van der Waals surface area contributed by atoms with Crippen molar-refractivity contribution in [2.24, 2.45) is 5.41 Å². The van der Waals surface area contributed by atoms with Gasteiger partial charge in [-0.3, -0.25) is 9.59 Å². The number of nitrogens with one attached hydrogen (secondary N) is 1. The van der Waals surface area contributed by atoms with Crippen molar-refractivity contribution >= 4 is 38.8 Å². The number of aromatic nitrogens is 1. The smallest absolute Gasteiger partial charge is 0.410 e. The predicted octanol–water partition coefficient (Wildman–Crippen LogP) is 5.76. The number of methoxy groups -OCH3 is 1. The van der Waals surface area contributed by atoms with Gasteiger partial charge in [0.05, 0.1) is 36.6 Å². The van der Waals surface area contributed by atoms with E-state index in [0.29, 0.717) is 32.0 Å². The largest absolute Gasteiger partial charge is 0.497 e. The van der Waals surface area contributed by atoms with Gasteiger partial charge in [0.15, 0.2) is 0 Å². The topological polar surface area (TPSA) is 127 Å². The molecule has 0 radical (unpaired) electrons. The normalized spacial score (nSPS) is 25.8. The molecule has 8 rings (SSSR count). The molecule has 11 nitrogen and oxygen atoms in total. The highest BCUT2D eigenvalue weighted by Crippen LogP contribution is 2.66. The van der Waals surface area contributed by atoms with Crippen molar-refractivity contribution in [1.82, 2.24) is 19.1 Å². The Balaban J connectivity index is 1.24. The minimum Gasteiger partial charge on any atom is -0.497 e. The summed E-state index contributed by atoms with van der Waals surface area (Å²) in [5.41, 5.74) is 4.30. The van der Waals surface area contributed by atoms with Crippen LogP contribution in [-0.4, -0.2) is 84.8 Å². The first-order chi connectivity index (χ1) is 23.7. The molecule has 3 aromatic rings. The van der Waals surface area contributed by atoms with Gasteiger partial charge in [-0.2, -0.15) is 0 Å². The summed E-state index contributed by atoms with van der Waals surface area (Å²) in [5, 5.41) is 1.04. The lowest BCUT2D eigenvalue weighted by atomic mass is 9.81. The minimum absolute atomic E-state index is 0.0212. The fourth-order valence-electron chi connectivity index (χ4n) is 9.40. The first kappa shape index (κ1) is 33.1. The number of benzene rings is 2. The second-order valence-electron chi connectivity index (χ2n) is 16.1. The van der Waals surface area contributed by atoms with Gasteiger partial charge in [0, 0.05) is 47.6 Å². The maximum Gasteiger partial charge on any atom is 0.410 e. The van der Waals surface area contributed by atoms with E-state index < -0.39 is 26.9 Å². The summed E-state index contributed by atoms with van der Waals surface area (Å²) in [7, 11) is -2.10. The number of piperazine rings is 1. The van der Waals surface area contributed by atoms with Gasteiger partial charge in [-0.05, 0) is 93.8 Å². The number of ether oxygens (including phenoxy) is 2. The van der Waals surface area contributed by atoms with Crippen LogP contribution in [0.5, 0.6) is 5.75 Å². The van der Waals surface area contributed by atoms with Crippen molar-refractivity contribution < 1.29 is 32.3 Å². The fraction of sp³-hybridized carbons (Fsp3) is 0.553. The number of amides is 3. The summed E-state index contributed by atoms with van der Waals surface area (Å²) < 4.78 is 39.8. The summed E-state index contributed by atoms with van der Waals surface area (Å²) >= 11 is 0. The van der Waals surface area contributed by atoms with Crippen molar-refractivity contribution in [3.8, 4) is 17.0 Å². The fourth-order valence-corrected chi connectivity index (χ4v) is 9.85. The number of rotatable bonds is 5. The number of sulfonamides is 1. The van der Waals surface area contributed by atoms with Crippen LogP contribution in [0.25, 0.3) is 22.2 Å². The minimum atomic E-state index is -3.76. The molecular weight excluding hydrogens is 657 g/mol. The van der Waals surface area contributed by atoms with Crippen LogP contribution in [0.4, 0.5) is 4.79 Å². The zero-order valence-corrected chi connectivity index (χ0v) is 30.3. The molecule has 4 heterocycles. The average Bonchev–Trinajstić information content (AvgIpc) is 3.30. The predicted molar refractivity (Wildman–Crippen MR) is 189 cm³/mol. The van der Waals surface area contributed by atoms with E-state index in [9.17, 15) is 22.8 Å². The number of fused-ring (bicyclic) bond motifs is 9. The molecule has 50 heavy (non-hydrogen) atoms. The molecule has 3 amide bonds. The van der Waals surface area contributed by atoms with Gasteiger partial charge in [-0.1, -0.05) is 25.3 Å². The van der Waals surface area contributed by atoms with Crippen LogP contribution >= 0.6 is 0 Å². The van der Waals surface area contributed by atoms with E-state index in [0.717, 1.165) is 71.8 Å². The van der Waals surface area contributed by atoms with Gasteiger partial charge >= 0.3 is 6.09 Å². The Hall–Kier alpha value is -4.06. The maximum absolute atomic E-state index is 15.0. The summed E-state index contributed by atoms with van der Waals surface area (Å²) in [6.07, 6.45) is 7.67. The third-order valence-electron chi connectivity index (χ3n) is 11.6. The van der Waals surface area contributed by atoms with Crippen molar-refractivity contribution in [3.63, 3.8) is 0 Å². The van der Waals surface area contributed by atoms with E-state index in [2.05, 4.69) is 21.4 Å². The van der Waals surface area contributed by atoms with Crippen LogP contribution in [0.1, 0.15) is 99.0 Å². The van der Waals surface area contributed by atoms with Crippen LogP contribution in [0, 0.1) is 5.41 Å². The Kier molecular flexibility index (Phi) is 7.60. The average molecular weight is 703 g/mol. The van der Waals surface area contributed by atoms with Gasteiger partial charge in [0.2, 0.25) is 15.9 Å². The number of likely N-dealkylation sites (tertiary alicyclic amines) is 2. The molecule has 2 aliphatic carbocycles. The number of nitrogens with zero attached hydrogens (tertiary/aromatic N) is 3. The molecule has 4 fully saturated rings. The lowest BCUT2D eigenvalue weighted by molar-refractivity contribution is -0.140. The van der Waals surface area contributed by atoms with E-state index >= 15 is 0 Å². The van der Waals surface area contributed by atoms with E-state index in [1.54, 1.807) is 24.1 Å². The van der Waals surface area contributed by atoms with Gasteiger partial charge < -0.3 is 23.8 Å². The van der Waals surface area contributed by atoms with E-state index in [-0.39, 0.29) is 35.6 Å². The van der Waals surface area contributed by atoms with Crippen LogP contribution in [0.15, 0.2) is 36.4 Å². The van der Waals surface area contributed by atoms with Gasteiger partial charge in [0.25, 0.3) is 5.91 Å². The van der Waals surface area contributed by atoms with Crippen LogP contribution < -0.4 is 9.46 Å². The molecule has 2 aromatic carbocycles. The molecule has 2 saturated carbocycles. The summed E-state index contributed by atoms with van der Waals surface area (Å²) in [5.74, 6) is 0.469. The van der Waals surface area contributed by atoms with Gasteiger partial charge in [-0.25, -0.2) is 17.9 Å². The van der Waals surface area contributed by atoms with Crippen molar-refractivity contribution in [2.75, 3.05) is 26.5 Å². The highest BCUT2D eigenvalue weighted by molar-refractivity contribution is 7.89. The second-order valence-corrected chi connectivity index (χ2v) is 17.9. The van der Waals surface area contributed by atoms with Gasteiger partial charge in [-0.15, -0.1) is 0 Å². The third-order valence-corrected chi connectivity index (χ3v) is 12.2. The quantitative estimate of drug-likeness (QED) is 0.358. The highest BCUT2D eigenvalue weighted by atomic mass is 32.2. The first-order valence-corrected chi connectivity index (χ1v) is 19.7. The molecule has 12 heteroatoms. The lowest BCUT2D eigenvalue weighted by Gasteiger charge is -2.37. The van der Waals surface area contributed by atoms with Crippen molar-refractivity contribution in [1.29, 1.82) is 0 Å². The van der Waals surface area contributed by atoms with Gasteiger partial charge in [0.1, 0.15) is 11.4 Å². The Bertz CT molecular complexity index is 2040. The number of carbonyl (C=O) groups excluding carboxylic acids is 3. The maximum atomic E-state index is 15.0. The Morgan fingerprint density at radius 1 is 0.960 bits per heavy atom. The van der Waals surface area contributed by atoms with Crippen LogP contribution in [0.2, 0.25) is 0 Å². The molecule has 266 valence electrons. The molecule has 0 spiro atoms. The highest BCUT2D eigenvalue weighted by Gasteiger charge is 2.65. The molecule has 2 saturated heterocycles. The summed E-state index contributed by atoms with van der Waals surface area (Å²) in [4.78, 5) is 44.9. The molecular formula is C38H46N4O7S. The monoisotopic (exact) mass is 702 g/mol. The molecule has 3 aliphatic heterocycles. The zero-order chi connectivity index (χ0) is 35.3. The Morgan fingerprint density at radius 3 is 2.34 bits per heavy atom. The number of hydrogen-bond acceptors (Lipinski definition) is 7. The molecule has 1 N–H and O–H groups in total. The second kappa shape index (κ2) is 11.5. The molecule has 5 aliphatic rings. The van der Waals surface area contributed by atoms with Crippen LogP contribution in [-0.2, 0) is 26.1 Å². The SMILES string of the molecule is COc1ccc2c(c1)C1CC1(C(=O)N1C[C@@H]3C[C@H]1CN3C(=O)OC(C)(C)C)Cn1c-2c(C2CCCCC2)c2ccc(C(=O)NS(C)(=O)=O)cc21. The van der Waals surface area contributed by atoms with Crippen molar-refractivity contribution in [3.05, 3.63) is 53.1 Å². The van der Waals surface area contributed by atoms with E-state index in [4.69, 9.17) is 9.47 Å². The lowest BCUT2D eigenvalue weighted by Crippen LogP contribution is -2.53. The summed E-state index contributed by atoms with van der Waals surface area (Å²) in [6, 6.07) is 11.5.